The zero-order valence-corrected chi connectivity index (χ0v) is 12.8. The van der Waals surface area contributed by atoms with Crippen molar-refractivity contribution in [3.63, 3.8) is 0 Å². The summed E-state index contributed by atoms with van der Waals surface area (Å²) in [5.41, 5.74) is 3.35. The molecule has 0 atom stereocenters. The molecule has 0 fully saturated rings. The van der Waals surface area contributed by atoms with E-state index in [4.69, 9.17) is 0 Å². The molecule has 0 aliphatic heterocycles. The highest BCUT2D eigenvalue weighted by atomic mass is 16.2. The molecule has 3 rings (SSSR count). The average Bonchev–Trinajstić information content (AvgIpc) is 3.11. The maximum Gasteiger partial charge on any atom is 0.273 e. The van der Waals surface area contributed by atoms with Crippen molar-refractivity contribution in [2.45, 2.75) is 19.9 Å². The highest BCUT2D eigenvalue weighted by Gasteiger charge is 2.11. The summed E-state index contributed by atoms with van der Waals surface area (Å²) in [5, 5.41) is 10.7. The maximum absolute atomic E-state index is 12.1. The molecule has 2 aromatic heterocycles. The summed E-state index contributed by atoms with van der Waals surface area (Å²) in [6, 6.07) is 11.7. The number of nitrogens with one attached hydrogen (secondary N) is 1. The molecule has 23 heavy (non-hydrogen) atoms. The van der Waals surface area contributed by atoms with Crippen LogP contribution in [0, 0.1) is 0 Å². The van der Waals surface area contributed by atoms with Crippen molar-refractivity contribution >= 4 is 5.91 Å². The van der Waals surface area contributed by atoms with Crippen molar-refractivity contribution in [2.24, 2.45) is 0 Å². The van der Waals surface area contributed by atoms with Crippen LogP contribution in [0.25, 0.3) is 5.69 Å². The van der Waals surface area contributed by atoms with Gasteiger partial charge >= 0.3 is 0 Å². The number of hydrogen-bond donors (Lipinski definition) is 1. The van der Waals surface area contributed by atoms with E-state index in [2.05, 4.69) is 27.5 Å². The summed E-state index contributed by atoms with van der Waals surface area (Å²) in [4.78, 5) is 16.1. The van der Waals surface area contributed by atoms with Gasteiger partial charge in [-0.15, -0.1) is 5.10 Å². The SMILES string of the molecule is CCc1ccc(-n2cc(C(=O)NCc3cccnc3)nn2)cc1. The minimum atomic E-state index is -0.259. The van der Waals surface area contributed by atoms with Crippen molar-refractivity contribution in [2.75, 3.05) is 0 Å². The lowest BCUT2D eigenvalue weighted by atomic mass is 10.1. The second-order valence-electron chi connectivity index (χ2n) is 5.11. The molecule has 0 unspecified atom stereocenters. The molecule has 3 aromatic rings. The molecular weight excluding hydrogens is 290 g/mol. The molecular formula is C17H17N5O. The van der Waals surface area contributed by atoms with Gasteiger partial charge in [-0.25, -0.2) is 4.68 Å². The third-order valence-corrected chi connectivity index (χ3v) is 3.51. The number of aryl methyl sites for hydroxylation is 1. The first-order chi connectivity index (χ1) is 11.3. The minimum absolute atomic E-state index is 0.259. The Morgan fingerprint density at radius 2 is 2.00 bits per heavy atom. The van der Waals surface area contributed by atoms with Crippen LogP contribution < -0.4 is 5.32 Å². The first-order valence-electron chi connectivity index (χ1n) is 7.45. The van der Waals surface area contributed by atoms with E-state index in [0.29, 0.717) is 6.54 Å². The van der Waals surface area contributed by atoms with Gasteiger partial charge in [-0.2, -0.15) is 0 Å². The zero-order chi connectivity index (χ0) is 16.1. The van der Waals surface area contributed by atoms with Gasteiger partial charge < -0.3 is 5.32 Å². The number of amides is 1. The number of carbonyl (C=O) groups excluding carboxylic acids is 1. The van der Waals surface area contributed by atoms with E-state index in [1.807, 2.05) is 36.4 Å². The van der Waals surface area contributed by atoms with Crippen LogP contribution in [0.4, 0.5) is 0 Å². The Kier molecular flexibility index (Phi) is 4.42. The first-order valence-corrected chi connectivity index (χ1v) is 7.45. The van der Waals surface area contributed by atoms with Crippen LogP contribution in [0.15, 0.2) is 55.0 Å². The largest absolute Gasteiger partial charge is 0.346 e. The van der Waals surface area contributed by atoms with Gasteiger partial charge in [-0.3, -0.25) is 9.78 Å². The third-order valence-electron chi connectivity index (χ3n) is 3.51. The van der Waals surface area contributed by atoms with Crippen LogP contribution in [0.2, 0.25) is 0 Å². The predicted octanol–water partition coefficient (Wildman–Crippen LogP) is 2.15. The molecule has 1 amide bonds. The Bertz CT molecular complexity index is 780. The summed E-state index contributed by atoms with van der Waals surface area (Å²) in [6.07, 6.45) is 6.02. The summed E-state index contributed by atoms with van der Waals surface area (Å²) in [7, 11) is 0. The fourth-order valence-corrected chi connectivity index (χ4v) is 2.15. The Morgan fingerprint density at radius 1 is 1.17 bits per heavy atom. The van der Waals surface area contributed by atoms with E-state index in [-0.39, 0.29) is 11.6 Å². The highest BCUT2D eigenvalue weighted by molar-refractivity contribution is 5.91. The topological polar surface area (TPSA) is 72.7 Å². The molecule has 6 heteroatoms. The van der Waals surface area contributed by atoms with Crippen molar-refractivity contribution in [1.82, 2.24) is 25.3 Å². The van der Waals surface area contributed by atoms with Crippen LogP contribution in [-0.2, 0) is 13.0 Å². The van der Waals surface area contributed by atoms with Gasteiger partial charge in [0.2, 0.25) is 0 Å². The lowest BCUT2D eigenvalue weighted by Crippen LogP contribution is -2.23. The minimum Gasteiger partial charge on any atom is -0.346 e. The van der Waals surface area contributed by atoms with Crippen molar-refractivity contribution in [1.29, 1.82) is 0 Å². The van der Waals surface area contributed by atoms with E-state index < -0.39 is 0 Å². The van der Waals surface area contributed by atoms with Gasteiger partial charge in [0.1, 0.15) is 0 Å². The molecule has 0 bridgehead atoms. The number of carbonyl (C=O) groups is 1. The van der Waals surface area contributed by atoms with Gasteiger partial charge in [0.15, 0.2) is 5.69 Å². The fraction of sp³-hybridized carbons (Fsp3) is 0.176. The molecule has 0 spiro atoms. The van der Waals surface area contributed by atoms with Crippen LogP contribution in [-0.4, -0.2) is 25.9 Å². The summed E-state index contributed by atoms with van der Waals surface area (Å²) >= 11 is 0. The molecule has 2 heterocycles. The third kappa shape index (κ3) is 3.60. The second kappa shape index (κ2) is 6.83. The molecule has 0 aliphatic rings. The number of nitrogens with zero attached hydrogens (tertiary/aromatic N) is 4. The summed E-state index contributed by atoms with van der Waals surface area (Å²) in [6.45, 7) is 2.51. The van der Waals surface area contributed by atoms with Crippen LogP contribution in [0.1, 0.15) is 28.5 Å². The Balaban J connectivity index is 1.67. The lowest BCUT2D eigenvalue weighted by Gasteiger charge is -2.02. The van der Waals surface area contributed by atoms with Crippen LogP contribution in [0.5, 0.6) is 0 Å². The molecule has 6 nitrogen and oxygen atoms in total. The quantitative estimate of drug-likeness (QED) is 0.784. The van der Waals surface area contributed by atoms with Gasteiger partial charge in [0, 0.05) is 18.9 Å². The molecule has 0 radical (unpaired) electrons. The van der Waals surface area contributed by atoms with Gasteiger partial charge in [0.25, 0.3) is 5.91 Å². The molecule has 0 aliphatic carbocycles. The van der Waals surface area contributed by atoms with Crippen molar-refractivity contribution in [3.05, 3.63) is 71.8 Å². The number of pyridine rings is 1. The highest BCUT2D eigenvalue weighted by Crippen LogP contribution is 2.09. The molecule has 116 valence electrons. The smallest absolute Gasteiger partial charge is 0.273 e. The van der Waals surface area contributed by atoms with Crippen LogP contribution in [0.3, 0.4) is 0 Å². The van der Waals surface area contributed by atoms with Gasteiger partial charge in [-0.1, -0.05) is 30.3 Å². The van der Waals surface area contributed by atoms with Crippen molar-refractivity contribution < 1.29 is 4.79 Å². The zero-order valence-electron chi connectivity index (χ0n) is 12.8. The Hall–Kier alpha value is -3.02. The van der Waals surface area contributed by atoms with E-state index in [1.54, 1.807) is 23.3 Å². The van der Waals surface area contributed by atoms with E-state index >= 15 is 0 Å². The lowest BCUT2D eigenvalue weighted by molar-refractivity contribution is 0.0946. The number of aromatic nitrogens is 4. The monoisotopic (exact) mass is 307 g/mol. The molecule has 0 saturated carbocycles. The average molecular weight is 307 g/mol. The predicted molar refractivity (Wildman–Crippen MR) is 86.1 cm³/mol. The normalized spacial score (nSPS) is 10.5. The van der Waals surface area contributed by atoms with E-state index in [1.165, 1.54) is 5.56 Å². The second-order valence-corrected chi connectivity index (χ2v) is 5.11. The maximum atomic E-state index is 12.1. The fourth-order valence-electron chi connectivity index (χ4n) is 2.15. The molecule has 0 saturated heterocycles. The van der Waals surface area contributed by atoms with Crippen molar-refractivity contribution in [3.8, 4) is 5.69 Å². The number of rotatable bonds is 5. The standard InChI is InChI=1S/C17H17N5O/c1-2-13-5-7-15(8-6-13)22-12-16(20-21-22)17(23)19-11-14-4-3-9-18-10-14/h3-10,12H,2,11H2,1H3,(H,19,23). The van der Waals surface area contributed by atoms with Gasteiger partial charge in [0.05, 0.1) is 11.9 Å². The summed E-state index contributed by atoms with van der Waals surface area (Å²) < 4.78 is 1.60. The number of hydrogen-bond acceptors (Lipinski definition) is 4. The Morgan fingerprint density at radius 3 is 2.70 bits per heavy atom. The summed E-state index contributed by atoms with van der Waals surface area (Å²) in [5.74, 6) is -0.259. The van der Waals surface area contributed by atoms with E-state index in [9.17, 15) is 4.79 Å². The first kappa shape index (κ1) is 14.9. The van der Waals surface area contributed by atoms with E-state index in [0.717, 1.165) is 17.7 Å². The van der Waals surface area contributed by atoms with Gasteiger partial charge in [-0.05, 0) is 35.7 Å². The number of benzene rings is 1. The Labute approximate surface area is 134 Å². The molecule has 1 N–H and O–H groups in total. The van der Waals surface area contributed by atoms with Crippen LogP contribution >= 0.6 is 0 Å². The molecule has 1 aromatic carbocycles.